The van der Waals surface area contributed by atoms with Crippen molar-refractivity contribution in [2.24, 2.45) is 0 Å². The topological polar surface area (TPSA) is 83.8 Å². The molecule has 0 bridgehead atoms. The van der Waals surface area contributed by atoms with E-state index in [1.807, 2.05) is 35.0 Å². The lowest BCUT2D eigenvalue weighted by Gasteiger charge is -2.21. The monoisotopic (exact) mass is 336 g/mol. The predicted molar refractivity (Wildman–Crippen MR) is 86.5 cm³/mol. The maximum atomic E-state index is 12.2. The van der Waals surface area contributed by atoms with Crippen LogP contribution in [0.5, 0.6) is 0 Å². The third kappa shape index (κ3) is 3.53. The first-order valence-corrected chi connectivity index (χ1v) is 9.47. The second-order valence-corrected chi connectivity index (χ2v) is 7.71. The molecule has 1 aliphatic heterocycles. The van der Waals surface area contributed by atoms with Crippen molar-refractivity contribution in [3.05, 3.63) is 36.3 Å². The maximum absolute atomic E-state index is 12.2. The van der Waals surface area contributed by atoms with Crippen molar-refractivity contribution in [1.82, 2.24) is 19.0 Å². The normalized spacial score (nSPS) is 19.3. The number of hydrogen-bond donors (Lipinski definition) is 1. The number of imidazole rings is 1. The van der Waals surface area contributed by atoms with Crippen LogP contribution in [0, 0.1) is 0 Å². The Morgan fingerprint density at radius 3 is 3.00 bits per heavy atom. The molecular weight excluding hydrogens is 316 g/mol. The molecule has 0 saturated carbocycles. The standard InChI is InChI=1S/C15H20N4O3S/c1-23(21,22)19-10-4-5-13(19)15(20)16-8-7-12-11-18-9-3-2-6-14(18)17-12/h2-3,6,9,11,13H,4-5,7-8,10H2,1H3,(H,16,20)/t13-/m0/s1. The van der Waals surface area contributed by atoms with Crippen molar-refractivity contribution in [3.63, 3.8) is 0 Å². The second-order valence-electron chi connectivity index (χ2n) is 5.77. The summed E-state index contributed by atoms with van der Waals surface area (Å²) in [5.41, 5.74) is 1.76. The van der Waals surface area contributed by atoms with Gasteiger partial charge in [0.25, 0.3) is 0 Å². The molecule has 3 rings (SSSR count). The van der Waals surface area contributed by atoms with Gasteiger partial charge in [-0.15, -0.1) is 0 Å². The highest BCUT2D eigenvalue weighted by atomic mass is 32.2. The highest BCUT2D eigenvalue weighted by Crippen LogP contribution is 2.20. The van der Waals surface area contributed by atoms with E-state index in [0.717, 1.165) is 24.0 Å². The number of pyridine rings is 1. The number of hydrogen-bond acceptors (Lipinski definition) is 4. The zero-order valence-electron chi connectivity index (χ0n) is 13.0. The molecule has 1 fully saturated rings. The molecule has 2 aromatic heterocycles. The van der Waals surface area contributed by atoms with Crippen molar-refractivity contribution in [2.75, 3.05) is 19.3 Å². The van der Waals surface area contributed by atoms with Crippen LogP contribution >= 0.6 is 0 Å². The van der Waals surface area contributed by atoms with Crippen LogP contribution in [0.2, 0.25) is 0 Å². The molecule has 1 aliphatic rings. The Hall–Kier alpha value is -1.93. The molecule has 0 aromatic carbocycles. The fourth-order valence-electron chi connectivity index (χ4n) is 2.94. The van der Waals surface area contributed by atoms with E-state index in [-0.39, 0.29) is 5.91 Å². The molecule has 0 radical (unpaired) electrons. The Bertz CT molecular complexity index is 782. The molecule has 3 heterocycles. The van der Waals surface area contributed by atoms with Crippen molar-refractivity contribution in [3.8, 4) is 0 Å². The van der Waals surface area contributed by atoms with Crippen LogP contribution in [0.25, 0.3) is 5.65 Å². The quantitative estimate of drug-likeness (QED) is 0.857. The molecule has 124 valence electrons. The number of nitrogens with zero attached hydrogens (tertiary/aromatic N) is 3. The van der Waals surface area contributed by atoms with E-state index < -0.39 is 16.1 Å². The van der Waals surface area contributed by atoms with Gasteiger partial charge in [-0.2, -0.15) is 4.31 Å². The van der Waals surface area contributed by atoms with Crippen molar-refractivity contribution in [1.29, 1.82) is 0 Å². The van der Waals surface area contributed by atoms with Crippen LogP contribution in [0.1, 0.15) is 18.5 Å². The molecule has 2 aromatic rings. The predicted octanol–water partition coefficient (Wildman–Crippen LogP) is 0.417. The zero-order valence-corrected chi connectivity index (χ0v) is 13.8. The van der Waals surface area contributed by atoms with E-state index in [2.05, 4.69) is 10.3 Å². The van der Waals surface area contributed by atoms with E-state index in [1.165, 1.54) is 4.31 Å². The SMILES string of the molecule is CS(=O)(=O)N1CCC[C@H]1C(=O)NCCc1cn2ccccc2n1. The average molecular weight is 336 g/mol. The summed E-state index contributed by atoms with van der Waals surface area (Å²) in [6, 6.07) is 5.20. The summed E-state index contributed by atoms with van der Waals surface area (Å²) in [7, 11) is -3.33. The van der Waals surface area contributed by atoms with Gasteiger partial charge in [0.05, 0.1) is 11.9 Å². The van der Waals surface area contributed by atoms with Gasteiger partial charge < -0.3 is 9.72 Å². The summed E-state index contributed by atoms with van der Waals surface area (Å²) in [6.07, 6.45) is 6.91. The summed E-state index contributed by atoms with van der Waals surface area (Å²) < 4.78 is 26.6. The van der Waals surface area contributed by atoms with E-state index in [0.29, 0.717) is 25.9 Å². The molecule has 8 heteroatoms. The number of carbonyl (C=O) groups is 1. The average Bonchev–Trinajstić information content (AvgIpc) is 3.13. The number of rotatable bonds is 5. The number of nitrogens with one attached hydrogen (secondary N) is 1. The lowest BCUT2D eigenvalue weighted by Crippen LogP contribution is -2.45. The van der Waals surface area contributed by atoms with Crippen LogP contribution in [0.4, 0.5) is 0 Å². The molecule has 1 N–H and O–H groups in total. The number of aromatic nitrogens is 2. The lowest BCUT2D eigenvalue weighted by molar-refractivity contribution is -0.124. The Balaban J connectivity index is 1.57. The van der Waals surface area contributed by atoms with Gasteiger partial charge in [0.1, 0.15) is 11.7 Å². The molecule has 23 heavy (non-hydrogen) atoms. The van der Waals surface area contributed by atoms with Crippen molar-refractivity contribution in [2.45, 2.75) is 25.3 Å². The largest absolute Gasteiger partial charge is 0.354 e. The van der Waals surface area contributed by atoms with Gasteiger partial charge in [0, 0.05) is 31.9 Å². The third-order valence-electron chi connectivity index (χ3n) is 4.03. The molecule has 1 saturated heterocycles. The van der Waals surface area contributed by atoms with E-state index in [9.17, 15) is 13.2 Å². The first kappa shape index (κ1) is 15.9. The van der Waals surface area contributed by atoms with Gasteiger partial charge in [0.15, 0.2) is 0 Å². The minimum Gasteiger partial charge on any atom is -0.354 e. The van der Waals surface area contributed by atoms with Crippen LogP contribution < -0.4 is 5.32 Å². The lowest BCUT2D eigenvalue weighted by atomic mass is 10.2. The minimum atomic E-state index is -3.33. The van der Waals surface area contributed by atoms with Gasteiger partial charge in [-0.05, 0) is 25.0 Å². The Morgan fingerprint density at radius 1 is 1.43 bits per heavy atom. The van der Waals surface area contributed by atoms with Gasteiger partial charge in [-0.1, -0.05) is 6.07 Å². The smallest absolute Gasteiger partial charge is 0.238 e. The highest BCUT2D eigenvalue weighted by Gasteiger charge is 2.36. The molecule has 0 spiro atoms. The molecule has 0 aliphatic carbocycles. The zero-order chi connectivity index (χ0) is 16.4. The molecule has 0 unspecified atom stereocenters. The van der Waals surface area contributed by atoms with Gasteiger partial charge >= 0.3 is 0 Å². The summed E-state index contributed by atoms with van der Waals surface area (Å²) in [5.74, 6) is -0.225. The minimum absolute atomic E-state index is 0.225. The van der Waals surface area contributed by atoms with Crippen LogP contribution in [-0.4, -0.2) is 53.4 Å². The summed E-state index contributed by atoms with van der Waals surface area (Å²) in [6.45, 7) is 0.861. The van der Waals surface area contributed by atoms with Gasteiger partial charge in [-0.25, -0.2) is 13.4 Å². The van der Waals surface area contributed by atoms with Crippen molar-refractivity contribution < 1.29 is 13.2 Å². The second kappa shape index (κ2) is 6.29. The summed E-state index contributed by atoms with van der Waals surface area (Å²) in [5, 5.41) is 2.83. The third-order valence-corrected chi connectivity index (χ3v) is 5.32. The summed E-state index contributed by atoms with van der Waals surface area (Å²) in [4.78, 5) is 16.7. The molecule has 1 atom stereocenters. The molecule has 7 nitrogen and oxygen atoms in total. The number of carbonyl (C=O) groups excluding carboxylic acids is 1. The van der Waals surface area contributed by atoms with Crippen LogP contribution in [-0.2, 0) is 21.2 Å². The highest BCUT2D eigenvalue weighted by molar-refractivity contribution is 7.88. The molecule has 1 amide bonds. The number of amides is 1. The Morgan fingerprint density at radius 2 is 2.26 bits per heavy atom. The summed E-state index contributed by atoms with van der Waals surface area (Å²) >= 11 is 0. The molecular formula is C15H20N4O3S. The van der Waals surface area contributed by atoms with E-state index in [1.54, 1.807) is 0 Å². The Kier molecular flexibility index (Phi) is 4.36. The Labute approximate surface area is 135 Å². The number of sulfonamides is 1. The van der Waals surface area contributed by atoms with Crippen LogP contribution in [0.15, 0.2) is 30.6 Å². The fraction of sp³-hybridized carbons (Fsp3) is 0.467. The van der Waals surface area contributed by atoms with Crippen molar-refractivity contribution >= 4 is 21.6 Å². The van der Waals surface area contributed by atoms with Gasteiger partial charge in [-0.3, -0.25) is 4.79 Å². The van der Waals surface area contributed by atoms with Crippen LogP contribution in [0.3, 0.4) is 0 Å². The van der Waals surface area contributed by atoms with E-state index >= 15 is 0 Å². The fourth-order valence-corrected chi connectivity index (χ4v) is 4.06. The number of fused-ring (bicyclic) bond motifs is 1. The maximum Gasteiger partial charge on any atom is 0.238 e. The first-order chi connectivity index (χ1) is 10.9. The van der Waals surface area contributed by atoms with Gasteiger partial charge in [0.2, 0.25) is 15.9 Å². The first-order valence-electron chi connectivity index (χ1n) is 7.62. The van der Waals surface area contributed by atoms with E-state index in [4.69, 9.17) is 0 Å².